The van der Waals surface area contributed by atoms with E-state index in [-0.39, 0.29) is 0 Å². The van der Waals surface area contributed by atoms with Gasteiger partial charge in [0.05, 0.1) is 11.0 Å². The van der Waals surface area contributed by atoms with Crippen LogP contribution >= 0.6 is 39.3 Å². The molecule has 0 atom stereocenters. The van der Waals surface area contributed by atoms with Crippen molar-refractivity contribution >= 4 is 50.3 Å². The topological polar surface area (TPSA) is 17.8 Å². The number of hydrogen-bond donors (Lipinski definition) is 0. The third-order valence-corrected chi connectivity index (χ3v) is 6.59. The van der Waals surface area contributed by atoms with Gasteiger partial charge in [-0.25, -0.2) is 4.98 Å². The van der Waals surface area contributed by atoms with Gasteiger partial charge in [0.2, 0.25) is 0 Å². The van der Waals surface area contributed by atoms with E-state index < -0.39 is 0 Å². The van der Waals surface area contributed by atoms with Crippen molar-refractivity contribution in [1.82, 2.24) is 9.55 Å². The van der Waals surface area contributed by atoms with Crippen molar-refractivity contribution < 1.29 is 0 Å². The first-order valence-electron chi connectivity index (χ1n) is 7.43. The summed E-state index contributed by atoms with van der Waals surface area (Å²) in [4.78, 5) is 4.81. The van der Waals surface area contributed by atoms with E-state index in [1.807, 2.05) is 11.8 Å². The number of hydrogen-bond acceptors (Lipinski definition) is 2. The van der Waals surface area contributed by atoms with Crippen LogP contribution < -0.4 is 0 Å². The lowest BCUT2D eigenvalue weighted by Gasteiger charge is -2.28. The number of rotatable bonds is 5. The molecule has 0 N–H and O–H groups in total. The molecule has 5 heteroatoms. The molecular formula is C16H20BrClN2S. The predicted octanol–water partition coefficient (Wildman–Crippen LogP) is 5.26. The summed E-state index contributed by atoms with van der Waals surface area (Å²) in [6.07, 6.45) is 8.41. The molecule has 1 fully saturated rings. The van der Waals surface area contributed by atoms with E-state index in [1.165, 1.54) is 31.2 Å². The Balaban J connectivity index is 2.04. The normalized spacial score (nSPS) is 17.7. The Morgan fingerprint density at radius 2 is 2.14 bits per heavy atom. The molecule has 2 aromatic rings. The molecule has 2 nitrogen and oxygen atoms in total. The Bertz CT molecular complexity index is 634. The highest BCUT2D eigenvalue weighted by Gasteiger charge is 2.34. The van der Waals surface area contributed by atoms with Gasteiger partial charge in [0.1, 0.15) is 5.82 Å². The highest BCUT2D eigenvalue weighted by molar-refractivity contribution is 9.10. The van der Waals surface area contributed by atoms with E-state index in [9.17, 15) is 0 Å². The van der Waals surface area contributed by atoms with Gasteiger partial charge in [-0.05, 0) is 37.3 Å². The number of aryl methyl sites for hydroxylation is 1. The van der Waals surface area contributed by atoms with Crippen molar-refractivity contribution in [2.45, 2.75) is 43.4 Å². The first kappa shape index (κ1) is 15.7. The van der Waals surface area contributed by atoms with Crippen molar-refractivity contribution in [3.05, 3.63) is 28.5 Å². The minimum absolute atomic E-state index is 0.377. The minimum atomic E-state index is 0.377. The van der Waals surface area contributed by atoms with Gasteiger partial charge in [0.25, 0.3) is 0 Å². The molecule has 0 spiro atoms. The molecule has 21 heavy (non-hydrogen) atoms. The molecule has 114 valence electrons. The number of fused-ring (bicyclic) bond motifs is 1. The second-order valence-electron chi connectivity index (χ2n) is 5.78. The van der Waals surface area contributed by atoms with Gasteiger partial charge in [-0.15, -0.1) is 11.6 Å². The minimum Gasteiger partial charge on any atom is -0.327 e. The van der Waals surface area contributed by atoms with Gasteiger partial charge in [0, 0.05) is 28.1 Å². The fraction of sp³-hybridized carbons (Fsp3) is 0.562. The molecule has 1 aromatic heterocycles. The van der Waals surface area contributed by atoms with Crippen LogP contribution in [-0.4, -0.2) is 26.4 Å². The van der Waals surface area contributed by atoms with Crippen LogP contribution in [0.3, 0.4) is 0 Å². The number of halogens is 2. The maximum Gasteiger partial charge on any atom is 0.111 e. The number of aromatic nitrogens is 2. The van der Waals surface area contributed by atoms with Crippen LogP contribution in [-0.2, 0) is 13.0 Å². The van der Waals surface area contributed by atoms with Crippen molar-refractivity contribution in [3.63, 3.8) is 0 Å². The fourth-order valence-corrected chi connectivity index (χ4v) is 4.81. The monoisotopic (exact) mass is 386 g/mol. The largest absolute Gasteiger partial charge is 0.327 e. The van der Waals surface area contributed by atoms with Crippen molar-refractivity contribution in [3.8, 4) is 0 Å². The van der Waals surface area contributed by atoms with Gasteiger partial charge in [-0.1, -0.05) is 28.8 Å². The number of alkyl halides is 1. The molecule has 0 bridgehead atoms. The zero-order valence-electron chi connectivity index (χ0n) is 12.2. The lowest BCUT2D eigenvalue weighted by molar-refractivity contribution is 0.502. The SMILES string of the molecule is CSC1(Cn2c(CCCl)nc3cc(Br)ccc32)CCCC1. The fourth-order valence-electron chi connectivity index (χ4n) is 3.34. The Hall–Kier alpha value is -0.190. The third-order valence-electron chi connectivity index (χ3n) is 4.50. The molecule has 0 saturated heterocycles. The van der Waals surface area contributed by atoms with Crippen LogP contribution in [0.2, 0.25) is 0 Å². The molecule has 0 aliphatic heterocycles. The third kappa shape index (κ3) is 3.13. The molecule has 1 aliphatic rings. The van der Waals surface area contributed by atoms with Crippen molar-refractivity contribution in [2.24, 2.45) is 0 Å². The average Bonchev–Trinajstić information content (AvgIpc) is 3.06. The zero-order chi connectivity index (χ0) is 14.9. The lowest BCUT2D eigenvalue weighted by atomic mass is 10.1. The molecule has 1 aromatic carbocycles. The van der Waals surface area contributed by atoms with Gasteiger partial charge < -0.3 is 4.57 Å². The summed E-state index contributed by atoms with van der Waals surface area (Å²) in [5.74, 6) is 1.75. The van der Waals surface area contributed by atoms with Crippen molar-refractivity contribution in [2.75, 3.05) is 12.1 Å². The first-order valence-corrected chi connectivity index (χ1v) is 9.98. The molecule has 3 rings (SSSR count). The molecular weight excluding hydrogens is 368 g/mol. The maximum absolute atomic E-state index is 5.98. The number of imidazole rings is 1. The molecule has 1 aliphatic carbocycles. The van der Waals surface area contributed by atoms with Crippen LogP contribution in [0.5, 0.6) is 0 Å². The van der Waals surface area contributed by atoms with Crippen LogP contribution in [0.1, 0.15) is 31.5 Å². The maximum atomic E-state index is 5.98. The Labute approximate surface area is 143 Å². The molecule has 0 radical (unpaired) electrons. The van der Waals surface area contributed by atoms with E-state index in [1.54, 1.807) is 0 Å². The van der Waals surface area contributed by atoms with E-state index in [4.69, 9.17) is 16.6 Å². The van der Waals surface area contributed by atoms with Gasteiger partial charge in [-0.2, -0.15) is 11.8 Å². The second-order valence-corrected chi connectivity index (χ2v) is 8.35. The molecule has 1 saturated carbocycles. The molecule has 0 unspecified atom stereocenters. The summed E-state index contributed by atoms with van der Waals surface area (Å²) >= 11 is 11.5. The summed E-state index contributed by atoms with van der Waals surface area (Å²) in [5, 5.41) is 0. The number of benzene rings is 1. The molecule has 0 amide bonds. The summed E-state index contributed by atoms with van der Waals surface area (Å²) < 4.78 is 3.87. The summed E-state index contributed by atoms with van der Waals surface area (Å²) in [5.41, 5.74) is 2.30. The quantitative estimate of drug-likeness (QED) is 0.652. The smallest absolute Gasteiger partial charge is 0.111 e. The summed E-state index contributed by atoms with van der Waals surface area (Å²) in [7, 11) is 0. The van der Waals surface area contributed by atoms with Crippen LogP contribution in [0, 0.1) is 0 Å². The predicted molar refractivity (Wildman–Crippen MR) is 96.6 cm³/mol. The van der Waals surface area contributed by atoms with Crippen LogP contribution in [0.4, 0.5) is 0 Å². The van der Waals surface area contributed by atoms with E-state index >= 15 is 0 Å². The summed E-state index contributed by atoms with van der Waals surface area (Å²) in [6.45, 7) is 1.05. The van der Waals surface area contributed by atoms with Crippen molar-refractivity contribution in [1.29, 1.82) is 0 Å². The second kappa shape index (κ2) is 6.51. The standard InChI is InChI=1S/C16H20BrClN2S/c1-21-16(7-2-3-8-16)11-20-14-5-4-12(17)10-13(14)19-15(20)6-9-18/h4-5,10H,2-3,6-9,11H2,1H3. The van der Waals surface area contributed by atoms with E-state index in [0.29, 0.717) is 10.6 Å². The lowest BCUT2D eigenvalue weighted by Crippen LogP contribution is -2.27. The Morgan fingerprint density at radius 3 is 2.81 bits per heavy atom. The number of thioether (sulfide) groups is 1. The van der Waals surface area contributed by atoms with Crippen LogP contribution in [0.25, 0.3) is 11.0 Å². The average molecular weight is 388 g/mol. The zero-order valence-corrected chi connectivity index (χ0v) is 15.4. The highest BCUT2D eigenvalue weighted by atomic mass is 79.9. The van der Waals surface area contributed by atoms with Gasteiger partial charge >= 0.3 is 0 Å². The Kier molecular flexibility index (Phi) is 4.87. The highest BCUT2D eigenvalue weighted by Crippen LogP contribution is 2.42. The summed E-state index contributed by atoms with van der Waals surface area (Å²) in [6, 6.07) is 6.38. The number of nitrogens with zero attached hydrogens (tertiary/aromatic N) is 2. The van der Waals surface area contributed by atoms with Gasteiger partial charge in [0.15, 0.2) is 0 Å². The van der Waals surface area contributed by atoms with Gasteiger partial charge in [-0.3, -0.25) is 0 Å². The first-order chi connectivity index (χ1) is 10.2. The van der Waals surface area contributed by atoms with E-state index in [2.05, 4.69) is 45.0 Å². The molecule has 1 heterocycles. The van der Waals surface area contributed by atoms with Crippen LogP contribution in [0.15, 0.2) is 22.7 Å². The Morgan fingerprint density at radius 1 is 1.38 bits per heavy atom. The van der Waals surface area contributed by atoms with E-state index in [0.717, 1.165) is 28.8 Å².